The van der Waals surface area contributed by atoms with E-state index in [0.29, 0.717) is 15.7 Å². The van der Waals surface area contributed by atoms with Gasteiger partial charge in [0.25, 0.3) is 0 Å². The Balaban J connectivity index is 0.00000289. The van der Waals surface area contributed by atoms with Crippen LogP contribution < -0.4 is 11.5 Å². The highest BCUT2D eigenvalue weighted by molar-refractivity contribution is 9.11. The van der Waals surface area contributed by atoms with Crippen molar-refractivity contribution < 1.29 is 13.2 Å². The lowest BCUT2D eigenvalue weighted by atomic mass is 10.0. The van der Waals surface area contributed by atoms with E-state index in [0.717, 1.165) is 4.47 Å². The summed E-state index contributed by atoms with van der Waals surface area (Å²) >= 11 is 6.47. The molecule has 0 aliphatic rings. The van der Waals surface area contributed by atoms with E-state index in [4.69, 9.17) is 11.5 Å². The maximum absolute atomic E-state index is 12.1. The summed E-state index contributed by atoms with van der Waals surface area (Å²) in [6, 6.07) is 2.63. The lowest BCUT2D eigenvalue weighted by Gasteiger charge is -2.17. The smallest absolute Gasteiger partial charge is 0.389 e. The van der Waals surface area contributed by atoms with Crippen LogP contribution in [0.5, 0.6) is 0 Å². The Bertz CT molecular complexity index is 413. The predicted molar refractivity (Wildman–Crippen MR) is 75.7 cm³/mol. The molecule has 0 bridgehead atoms. The normalized spacial score (nSPS) is 13.0. The molecule has 104 valence electrons. The van der Waals surface area contributed by atoms with E-state index in [1.165, 1.54) is 0 Å². The van der Waals surface area contributed by atoms with E-state index in [2.05, 4.69) is 31.9 Å². The third kappa shape index (κ3) is 5.34. The van der Waals surface area contributed by atoms with Gasteiger partial charge in [0.05, 0.1) is 5.69 Å². The summed E-state index contributed by atoms with van der Waals surface area (Å²) in [6.45, 7) is 0. The van der Waals surface area contributed by atoms with Crippen molar-refractivity contribution in [3.63, 3.8) is 0 Å². The van der Waals surface area contributed by atoms with Crippen molar-refractivity contribution in [3.05, 3.63) is 26.6 Å². The molecule has 1 atom stereocenters. The van der Waals surface area contributed by atoms with Gasteiger partial charge in [0.15, 0.2) is 0 Å². The van der Waals surface area contributed by atoms with Gasteiger partial charge in [-0.1, -0.05) is 15.9 Å². The third-order valence-electron chi connectivity index (χ3n) is 2.26. The average molecular weight is 412 g/mol. The lowest BCUT2D eigenvalue weighted by Crippen LogP contribution is -2.17. The first-order chi connectivity index (χ1) is 7.70. The van der Waals surface area contributed by atoms with E-state index in [1.807, 2.05) is 0 Å². The number of halogens is 6. The maximum atomic E-state index is 12.1. The Labute approximate surface area is 126 Å². The molecule has 0 saturated heterocycles. The minimum Gasteiger partial charge on any atom is -0.398 e. The Morgan fingerprint density at radius 1 is 1.22 bits per heavy atom. The predicted octanol–water partition coefficient (Wildman–Crippen LogP) is 4.56. The second-order valence-electron chi connectivity index (χ2n) is 3.65. The summed E-state index contributed by atoms with van der Waals surface area (Å²) < 4.78 is 37.6. The number of hydrogen-bond acceptors (Lipinski definition) is 2. The highest BCUT2D eigenvalue weighted by Crippen LogP contribution is 2.34. The molecule has 0 saturated carbocycles. The minimum atomic E-state index is -4.20. The van der Waals surface area contributed by atoms with Crippen LogP contribution >= 0.6 is 44.3 Å². The van der Waals surface area contributed by atoms with Gasteiger partial charge < -0.3 is 11.5 Å². The fraction of sp³-hybridized carbons (Fsp3) is 0.400. The number of rotatable bonds is 3. The molecule has 1 aromatic rings. The fourth-order valence-corrected chi connectivity index (χ4v) is 2.64. The Hall–Kier alpha value is 0.0200. The van der Waals surface area contributed by atoms with Gasteiger partial charge in [0.2, 0.25) is 0 Å². The average Bonchev–Trinajstić information content (AvgIpc) is 2.19. The Morgan fingerprint density at radius 2 is 1.78 bits per heavy atom. The largest absolute Gasteiger partial charge is 0.398 e. The molecular formula is C10H12Br2ClF3N2. The maximum Gasteiger partial charge on any atom is 0.389 e. The Kier molecular flexibility index (Phi) is 6.99. The number of nitrogen functional groups attached to an aromatic ring is 1. The number of alkyl halides is 3. The van der Waals surface area contributed by atoms with E-state index < -0.39 is 18.6 Å². The topological polar surface area (TPSA) is 52.0 Å². The van der Waals surface area contributed by atoms with Crippen LogP contribution in [0.2, 0.25) is 0 Å². The van der Waals surface area contributed by atoms with Crippen molar-refractivity contribution in [2.24, 2.45) is 5.73 Å². The van der Waals surface area contributed by atoms with E-state index in [-0.39, 0.29) is 18.8 Å². The van der Waals surface area contributed by atoms with Crippen molar-refractivity contribution >= 4 is 50.0 Å². The molecule has 8 heteroatoms. The quantitative estimate of drug-likeness (QED) is 0.716. The molecule has 0 aliphatic heterocycles. The second kappa shape index (κ2) is 6.98. The van der Waals surface area contributed by atoms with Gasteiger partial charge in [-0.3, -0.25) is 0 Å². The molecule has 0 amide bonds. The van der Waals surface area contributed by atoms with Gasteiger partial charge >= 0.3 is 6.18 Å². The molecule has 1 aromatic carbocycles. The van der Waals surface area contributed by atoms with Gasteiger partial charge in [-0.25, -0.2) is 0 Å². The molecule has 0 unspecified atom stereocenters. The van der Waals surface area contributed by atoms with Crippen molar-refractivity contribution in [3.8, 4) is 0 Å². The van der Waals surface area contributed by atoms with Gasteiger partial charge in [-0.15, -0.1) is 12.4 Å². The van der Waals surface area contributed by atoms with Crippen LogP contribution in [-0.4, -0.2) is 6.18 Å². The monoisotopic (exact) mass is 410 g/mol. The summed E-state index contributed by atoms with van der Waals surface area (Å²) in [7, 11) is 0. The summed E-state index contributed by atoms with van der Waals surface area (Å²) in [6.07, 6.45) is -5.30. The van der Waals surface area contributed by atoms with Crippen LogP contribution in [0.3, 0.4) is 0 Å². The first-order valence-corrected chi connectivity index (χ1v) is 6.36. The van der Waals surface area contributed by atoms with Crippen molar-refractivity contribution in [1.82, 2.24) is 0 Å². The van der Waals surface area contributed by atoms with Crippen molar-refractivity contribution in [2.45, 2.75) is 25.1 Å². The molecule has 2 nitrogen and oxygen atoms in total. The molecule has 4 N–H and O–H groups in total. The van der Waals surface area contributed by atoms with Gasteiger partial charge in [0.1, 0.15) is 0 Å². The lowest BCUT2D eigenvalue weighted by molar-refractivity contribution is -0.136. The Morgan fingerprint density at radius 3 is 2.28 bits per heavy atom. The van der Waals surface area contributed by atoms with Crippen LogP contribution in [-0.2, 0) is 0 Å². The van der Waals surface area contributed by atoms with Crippen LogP contribution in [0.4, 0.5) is 18.9 Å². The molecular weight excluding hydrogens is 400 g/mol. The summed E-state index contributed by atoms with van der Waals surface area (Å²) in [4.78, 5) is 0. The standard InChI is InChI=1S/C10H11Br2F3N2.ClH/c11-5-3-6(9(17)7(12)4-5)8(16)1-2-10(13,14)15;/h3-4,8H,1-2,16-17H2;1H/t8-;/m0./s1. The molecule has 0 heterocycles. The first-order valence-electron chi connectivity index (χ1n) is 4.77. The van der Waals surface area contributed by atoms with Crippen LogP contribution in [0.25, 0.3) is 0 Å². The highest BCUT2D eigenvalue weighted by atomic mass is 79.9. The second-order valence-corrected chi connectivity index (χ2v) is 5.42. The summed E-state index contributed by atoms with van der Waals surface area (Å²) in [5, 5.41) is 0. The zero-order valence-electron chi connectivity index (χ0n) is 9.10. The first kappa shape index (κ1) is 18.0. The fourth-order valence-electron chi connectivity index (χ4n) is 1.39. The molecule has 0 aromatic heterocycles. The molecule has 0 spiro atoms. The number of nitrogens with two attached hydrogens (primary N) is 2. The highest BCUT2D eigenvalue weighted by Gasteiger charge is 2.28. The summed E-state index contributed by atoms with van der Waals surface area (Å²) in [5.74, 6) is 0. The molecule has 0 aliphatic carbocycles. The van der Waals surface area contributed by atoms with Crippen molar-refractivity contribution in [1.29, 1.82) is 0 Å². The van der Waals surface area contributed by atoms with E-state index >= 15 is 0 Å². The van der Waals surface area contributed by atoms with Gasteiger partial charge in [-0.05, 0) is 40.0 Å². The van der Waals surface area contributed by atoms with Crippen LogP contribution in [0, 0.1) is 0 Å². The van der Waals surface area contributed by atoms with Gasteiger partial charge in [0, 0.05) is 21.4 Å². The van der Waals surface area contributed by atoms with E-state index in [1.54, 1.807) is 12.1 Å². The SMILES string of the molecule is Cl.Nc1c(Br)cc(Br)cc1[C@@H](N)CCC(F)(F)F. The van der Waals surface area contributed by atoms with Crippen LogP contribution in [0.1, 0.15) is 24.4 Å². The molecule has 1 rings (SSSR count). The zero-order valence-corrected chi connectivity index (χ0v) is 13.1. The molecule has 18 heavy (non-hydrogen) atoms. The molecule has 0 fully saturated rings. The van der Waals surface area contributed by atoms with Crippen molar-refractivity contribution in [2.75, 3.05) is 5.73 Å². The number of benzene rings is 1. The molecule has 0 radical (unpaired) electrons. The number of hydrogen-bond donors (Lipinski definition) is 2. The number of anilines is 1. The minimum absolute atomic E-state index is 0. The van der Waals surface area contributed by atoms with Crippen LogP contribution in [0.15, 0.2) is 21.1 Å². The zero-order chi connectivity index (χ0) is 13.2. The van der Waals surface area contributed by atoms with Gasteiger partial charge in [-0.2, -0.15) is 13.2 Å². The van der Waals surface area contributed by atoms with E-state index in [9.17, 15) is 13.2 Å². The summed E-state index contributed by atoms with van der Waals surface area (Å²) in [5.41, 5.74) is 12.4. The third-order valence-corrected chi connectivity index (χ3v) is 3.38.